The molecule has 3 rings (SSSR count). The Morgan fingerprint density at radius 1 is 1.39 bits per heavy atom. The highest BCUT2D eigenvalue weighted by atomic mass is 16.4. The second-order valence-corrected chi connectivity index (χ2v) is 5.14. The summed E-state index contributed by atoms with van der Waals surface area (Å²) in [6.07, 6.45) is 2.26. The number of piperidine rings is 1. The van der Waals surface area contributed by atoms with Crippen LogP contribution in [0.15, 0.2) is 27.4 Å². The average molecular weight is 246 g/mol. The zero-order valence-corrected chi connectivity index (χ0v) is 10.6. The first-order valence-corrected chi connectivity index (χ1v) is 6.55. The molecule has 0 spiro atoms. The van der Waals surface area contributed by atoms with Gasteiger partial charge in [-0.25, -0.2) is 4.79 Å². The van der Waals surface area contributed by atoms with Crippen molar-refractivity contribution in [3.63, 3.8) is 0 Å². The molecule has 0 unspecified atom stereocenters. The van der Waals surface area contributed by atoms with Crippen molar-refractivity contribution in [2.24, 2.45) is 5.92 Å². The van der Waals surface area contributed by atoms with Gasteiger partial charge in [0.1, 0.15) is 0 Å². The number of hydrogen-bond acceptors (Lipinski definition) is 3. The number of aromatic nitrogens is 1. The SMILES string of the molecule is Cc1ccc2c(c1)oc(=O)n2CC1CCNCC1. The molecular weight excluding hydrogens is 228 g/mol. The van der Waals surface area contributed by atoms with Gasteiger partial charge in [0.2, 0.25) is 0 Å². The minimum Gasteiger partial charge on any atom is -0.408 e. The third-order valence-corrected chi connectivity index (χ3v) is 3.72. The van der Waals surface area contributed by atoms with Gasteiger partial charge in [-0.2, -0.15) is 0 Å². The Morgan fingerprint density at radius 2 is 2.17 bits per heavy atom. The second-order valence-electron chi connectivity index (χ2n) is 5.14. The molecule has 2 heterocycles. The van der Waals surface area contributed by atoms with Crippen LogP contribution in [-0.2, 0) is 6.54 Å². The number of nitrogens with one attached hydrogen (secondary N) is 1. The Kier molecular flexibility index (Phi) is 2.96. The molecule has 96 valence electrons. The van der Waals surface area contributed by atoms with Crippen molar-refractivity contribution in [3.05, 3.63) is 34.3 Å². The summed E-state index contributed by atoms with van der Waals surface area (Å²) in [5, 5.41) is 3.34. The van der Waals surface area contributed by atoms with Crippen LogP contribution in [0, 0.1) is 12.8 Å². The van der Waals surface area contributed by atoms with Gasteiger partial charge in [0, 0.05) is 6.54 Å². The summed E-state index contributed by atoms with van der Waals surface area (Å²) < 4.78 is 7.10. The first kappa shape index (κ1) is 11.5. The molecule has 1 saturated heterocycles. The van der Waals surface area contributed by atoms with E-state index in [0.29, 0.717) is 11.5 Å². The fourth-order valence-corrected chi connectivity index (χ4v) is 2.67. The predicted octanol–water partition coefficient (Wildman–Crippen LogP) is 1.90. The lowest BCUT2D eigenvalue weighted by atomic mass is 9.98. The van der Waals surface area contributed by atoms with Crippen molar-refractivity contribution in [2.45, 2.75) is 26.3 Å². The number of fused-ring (bicyclic) bond motifs is 1. The van der Waals surface area contributed by atoms with Crippen LogP contribution in [0.1, 0.15) is 18.4 Å². The molecule has 1 aliphatic heterocycles. The second kappa shape index (κ2) is 4.61. The van der Waals surface area contributed by atoms with E-state index in [0.717, 1.165) is 43.6 Å². The number of oxazole rings is 1. The van der Waals surface area contributed by atoms with E-state index >= 15 is 0 Å². The molecule has 0 atom stereocenters. The van der Waals surface area contributed by atoms with Gasteiger partial charge in [-0.15, -0.1) is 0 Å². The minimum absolute atomic E-state index is 0.228. The fraction of sp³-hybridized carbons (Fsp3) is 0.500. The number of aryl methyl sites for hydroxylation is 1. The first-order chi connectivity index (χ1) is 8.74. The van der Waals surface area contributed by atoms with E-state index in [4.69, 9.17) is 4.42 Å². The van der Waals surface area contributed by atoms with Crippen LogP contribution in [0.4, 0.5) is 0 Å². The number of rotatable bonds is 2. The number of nitrogens with zero attached hydrogens (tertiary/aromatic N) is 1. The first-order valence-electron chi connectivity index (χ1n) is 6.55. The van der Waals surface area contributed by atoms with Gasteiger partial charge in [0.05, 0.1) is 5.52 Å². The zero-order chi connectivity index (χ0) is 12.5. The average Bonchev–Trinajstić information content (AvgIpc) is 2.66. The van der Waals surface area contributed by atoms with Gasteiger partial charge in [0.15, 0.2) is 5.58 Å². The molecule has 1 aliphatic rings. The molecule has 0 aliphatic carbocycles. The lowest BCUT2D eigenvalue weighted by molar-refractivity contribution is 0.325. The topological polar surface area (TPSA) is 47.2 Å². The molecule has 0 saturated carbocycles. The summed E-state index contributed by atoms with van der Waals surface area (Å²) in [4.78, 5) is 11.9. The van der Waals surface area contributed by atoms with Crippen molar-refractivity contribution in [1.29, 1.82) is 0 Å². The van der Waals surface area contributed by atoms with Crippen LogP contribution in [0.5, 0.6) is 0 Å². The van der Waals surface area contributed by atoms with Crippen LogP contribution in [-0.4, -0.2) is 17.7 Å². The van der Waals surface area contributed by atoms with E-state index in [9.17, 15) is 4.79 Å². The van der Waals surface area contributed by atoms with Gasteiger partial charge in [-0.1, -0.05) is 6.07 Å². The van der Waals surface area contributed by atoms with Gasteiger partial charge < -0.3 is 9.73 Å². The molecule has 4 heteroatoms. The summed E-state index contributed by atoms with van der Waals surface area (Å²) in [7, 11) is 0. The van der Waals surface area contributed by atoms with E-state index in [-0.39, 0.29) is 5.76 Å². The van der Waals surface area contributed by atoms with Gasteiger partial charge >= 0.3 is 5.76 Å². The summed E-state index contributed by atoms with van der Waals surface area (Å²) in [5.74, 6) is 0.347. The molecule has 1 N–H and O–H groups in total. The smallest absolute Gasteiger partial charge is 0.408 e. The normalized spacial score (nSPS) is 17.4. The Balaban J connectivity index is 1.95. The van der Waals surface area contributed by atoms with Crippen molar-refractivity contribution < 1.29 is 4.42 Å². The Hall–Kier alpha value is -1.55. The maximum atomic E-state index is 11.9. The largest absolute Gasteiger partial charge is 0.419 e. The summed E-state index contributed by atoms with van der Waals surface area (Å²) in [6.45, 7) is 4.88. The molecule has 1 aromatic heterocycles. The number of benzene rings is 1. The quantitative estimate of drug-likeness (QED) is 0.880. The number of hydrogen-bond donors (Lipinski definition) is 1. The van der Waals surface area contributed by atoms with Crippen LogP contribution < -0.4 is 11.1 Å². The standard InChI is InChI=1S/C14H18N2O2/c1-10-2-3-12-13(8-10)18-14(17)16(12)9-11-4-6-15-7-5-11/h2-3,8,11,15H,4-7,9H2,1H3. The van der Waals surface area contributed by atoms with Crippen LogP contribution in [0.3, 0.4) is 0 Å². The van der Waals surface area contributed by atoms with Crippen molar-refractivity contribution >= 4 is 11.1 Å². The van der Waals surface area contributed by atoms with E-state index in [1.165, 1.54) is 0 Å². The van der Waals surface area contributed by atoms with Crippen molar-refractivity contribution in [3.8, 4) is 0 Å². The zero-order valence-electron chi connectivity index (χ0n) is 10.6. The van der Waals surface area contributed by atoms with Crippen LogP contribution in [0.25, 0.3) is 11.1 Å². The molecular formula is C14H18N2O2. The Morgan fingerprint density at radius 3 is 2.94 bits per heavy atom. The lowest BCUT2D eigenvalue weighted by Crippen LogP contribution is -2.31. The minimum atomic E-state index is -0.228. The van der Waals surface area contributed by atoms with Crippen molar-refractivity contribution in [1.82, 2.24) is 9.88 Å². The highest BCUT2D eigenvalue weighted by molar-refractivity contribution is 5.73. The summed E-state index contributed by atoms with van der Waals surface area (Å²) in [5.41, 5.74) is 2.74. The fourth-order valence-electron chi connectivity index (χ4n) is 2.67. The summed E-state index contributed by atoms with van der Waals surface area (Å²) in [6, 6.07) is 5.93. The summed E-state index contributed by atoms with van der Waals surface area (Å²) >= 11 is 0. The predicted molar refractivity (Wildman–Crippen MR) is 70.8 cm³/mol. The monoisotopic (exact) mass is 246 g/mol. The third-order valence-electron chi connectivity index (χ3n) is 3.72. The molecule has 0 bridgehead atoms. The van der Waals surface area contributed by atoms with Gasteiger partial charge in [0.25, 0.3) is 0 Å². The molecule has 1 fully saturated rings. The molecule has 4 nitrogen and oxygen atoms in total. The molecule has 2 aromatic rings. The molecule has 1 aromatic carbocycles. The third kappa shape index (κ3) is 2.08. The Labute approximate surface area is 106 Å². The Bertz CT molecular complexity index is 606. The molecule has 0 amide bonds. The maximum Gasteiger partial charge on any atom is 0.419 e. The van der Waals surface area contributed by atoms with E-state index in [1.54, 1.807) is 4.57 Å². The molecule has 18 heavy (non-hydrogen) atoms. The highest BCUT2D eigenvalue weighted by Crippen LogP contribution is 2.19. The molecule has 0 radical (unpaired) electrons. The highest BCUT2D eigenvalue weighted by Gasteiger charge is 2.17. The van der Waals surface area contributed by atoms with Gasteiger partial charge in [-0.05, 0) is 56.5 Å². The maximum absolute atomic E-state index is 11.9. The van der Waals surface area contributed by atoms with Gasteiger partial charge in [-0.3, -0.25) is 4.57 Å². The van der Waals surface area contributed by atoms with E-state index < -0.39 is 0 Å². The lowest BCUT2D eigenvalue weighted by Gasteiger charge is -2.22. The van der Waals surface area contributed by atoms with E-state index in [1.807, 2.05) is 25.1 Å². The van der Waals surface area contributed by atoms with Crippen molar-refractivity contribution in [2.75, 3.05) is 13.1 Å². The van der Waals surface area contributed by atoms with Crippen LogP contribution >= 0.6 is 0 Å². The van der Waals surface area contributed by atoms with E-state index in [2.05, 4.69) is 5.32 Å². The van der Waals surface area contributed by atoms with Crippen LogP contribution in [0.2, 0.25) is 0 Å².